The van der Waals surface area contributed by atoms with Gasteiger partial charge in [-0.1, -0.05) is 29.3 Å². The molecule has 33 heavy (non-hydrogen) atoms. The molecule has 2 fully saturated rings. The number of thiophene rings is 1. The molecular formula is C23H26Cl2N4O3S. The van der Waals surface area contributed by atoms with E-state index in [-0.39, 0.29) is 54.3 Å². The molecule has 1 aromatic heterocycles. The molecular weight excluding hydrogens is 483 g/mol. The third-order valence-electron chi connectivity index (χ3n) is 6.18. The monoisotopic (exact) mass is 508 g/mol. The first-order chi connectivity index (χ1) is 15.8. The van der Waals surface area contributed by atoms with Crippen molar-refractivity contribution >= 4 is 52.3 Å². The van der Waals surface area contributed by atoms with Gasteiger partial charge in [-0.3, -0.25) is 14.4 Å². The van der Waals surface area contributed by atoms with Crippen LogP contribution in [0.2, 0.25) is 10.0 Å². The molecule has 3 amide bonds. The minimum absolute atomic E-state index is 0.0194. The van der Waals surface area contributed by atoms with E-state index in [2.05, 4.69) is 5.32 Å². The maximum absolute atomic E-state index is 13.4. The van der Waals surface area contributed by atoms with Gasteiger partial charge in [0.1, 0.15) is 0 Å². The summed E-state index contributed by atoms with van der Waals surface area (Å²) < 4.78 is 0. The number of hydrogen-bond donors (Lipinski definition) is 2. The van der Waals surface area contributed by atoms with Gasteiger partial charge >= 0.3 is 0 Å². The summed E-state index contributed by atoms with van der Waals surface area (Å²) in [6, 6.07) is 8.51. The van der Waals surface area contributed by atoms with Crippen molar-refractivity contribution in [3.63, 3.8) is 0 Å². The molecule has 1 aliphatic heterocycles. The Morgan fingerprint density at radius 3 is 2.42 bits per heavy atom. The second kappa shape index (κ2) is 10.4. The Balaban J connectivity index is 1.56. The summed E-state index contributed by atoms with van der Waals surface area (Å²) in [5.41, 5.74) is 6.31. The number of hydrogen-bond acceptors (Lipinski definition) is 5. The molecule has 3 N–H and O–H groups in total. The molecule has 1 saturated heterocycles. The van der Waals surface area contributed by atoms with Crippen LogP contribution in [0.4, 0.5) is 0 Å². The van der Waals surface area contributed by atoms with Gasteiger partial charge in [0.05, 0.1) is 16.5 Å². The minimum Gasteiger partial charge on any atom is -0.350 e. The summed E-state index contributed by atoms with van der Waals surface area (Å²) in [6.07, 6.45) is 2.40. The van der Waals surface area contributed by atoms with Gasteiger partial charge < -0.3 is 20.9 Å². The van der Waals surface area contributed by atoms with E-state index in [0.717, 1.165) is 30.6 Å². The predicted molar refractivity (Wildman–Crippen MR) is 129 cm³/mol. The number of benzene rings is 1. The Morgan fingerprint density at radius 2 is 1.76 bits per heavy atom. The highest BCUT2D eigenvalue weighted by Crippen LogP contribution is 2.26. The molecule has 0 spiro atoms. The standard InChI is InChI=1S/C23H26Cl2N4O3S/c24-18-8-3-14(12-19(18)25)23(32)29-10-9-28(20(30)13-17-2-1-11-33-17)22(29)21(31)27-16-6-4-15(26)5-7-16/h1-3,8,11-12,15-16,22H,4-7,9-10,13,26H2,(H,27,31). The molecule has 2 aromatic rings. The Hall–Kier alpha value is -2.13. The Labute approximate surface area is 206 Å². The number of nitrogens with two attached hydrogens (primary N) is 1. The molecule has 4 rings (SSSR count). The fraction of sp³-hybridized carbons (Fsp3) is 0.435. The number of amides is 3. The lowest BCUT2D eigenvalue weighted by atomic mass is 9.92. The lowest BCUT2D eigenvalue weighted by Crippen LogP contribution is -2.56. The molecule has 1 aliphatic carbocycles. The highest BCUT2D eigenvalue weighted by Gasteiger charge is 2.43. The van der Waals surface area contributed by atoms with Crippen molar-refractivity contribution in [1.82, 2.24) is 15.1 Å². The fourth-order valence-electron chi connectivity index (χ4n) is 4.38. The quantitative estimate of drug-likeness (QED) is 0.647. The topological polar surface area (TPSA) is 95.7 Å². The summed E-state index contributed by atoms with van der Waals surface area (Å²) in [5, 5.41) is 5.56. The van der Waals surface area contributed by atoms with Crippen LogP contribution in [0.25, 0.3) is 0 Å². The molecule has 1 aromatic carbocycles. The molecule has 2 aliphatic rings. The van der Waals surface area contributed by atoms with E-state index in [1.807, 2.05) is 17.5 Å². The van der Waals surface area contributed by atoms with Crippen LogP contribution in [0.3, 0.4) is 0 Å². The van der Waals surface area contributed by atoms with Crippen LogP contribution < -0.4 is 11.1 Å². The van der Waals surface area contributed by atoms with Crippen molar-refractivity contribution in [2.45, 2.75) is 50.4 Å². The van der Waals surface area contributed by atoms with Crippen LogP contribution in [0.15, 0.2) is 35.7 Å². The average Bonchev–Trinajstić information content (AvgIpc) is 3.46. The van der Waals surface area contributed by atoms with Crippen molar-refractivity contribution in [2.24, 2.45) is 5.73 Å². The Kier molecular flexibility index (Phi) is 7.58. The van der Waals surface area contributed by atoms with Crippen LogP contribution in [0.1, 0.15) is 40.9 Å². The number of nitrogens with zero attached hydrogens (tertiary/aromatic N) is 2. The highest BCUT2D eigenvalue weighted by molar-refractivity contribution is 7.10. The van der Waals surface area contributed by atoms with E-state index >= 15 is 0 Å². The van der Waals surface area contributed by atoms with Gasteiger partial charge in [0.2, 0.25) is 5.91 Å². The second-order valence-corrected chi connectivity index (χ2v) is 10.3. The third-order valence-corrected chi connectivity index (χ3v) is 7.79. The maximum Gasteiger partial charge on any atom is 0.264 e. The zero-order valence-electron chi connectivity index (χ0n) is 18.0. The zero-order chi connectivity index (χ0) is 23.5. The summed E-state index contributed by atoms with van der Waals surface area (Å²) in [6.45, 7) is 0.536. The normalized spacial score (nSPS) is 22.9. The van der Waals surface area contributed by atoms with E-state index in [1.165, 1.54) is 27.2 Å². The number of rotatable bonds is 5. The first-order valence-corrected chi connectivity index (χ1v) is 12.6. The molecule has 7 nitrogen and oxygen atoms in total. The molecule has 0 radical (unpaired) electrons. The lowest BCUT2D eigenvalue weighted by molar-refractivity contribution is -0.141. The molecule has 0 bridgehead atoms. The van der Waals surface area contributed by atoms with Crippen molar-refractivity contribution in [3.8, 4) is 0 Å². The van der Waals surface area contributed by atoms with Crippen LogP contribution in [0, 0.1) is 0 Å². The molecule has 1 saturated carbocycles. The smallest absolute Gasteiger partial charge is 0.264 e. The van der Waals surface area contributed by atoms with Crippen LogP contribution >= 0.6 is 34.5 Å². The predicted octanol–water partition coefficient (Wildman–Crippen LogP) is 3.29. The van der Waals surface area contributed by atoms with E-state index in [9.17, 15) is 14.4 Å². The van der Waals surface area contributed by atoms with Gasteiger partial charge in [-0.25, -0.2) is 0 Å². The number of carbonyl (C=O) groups is 3. The third kappa shape index (κ3) is 5.51. The van der Waals surface area contributed by atoms with Gasteiger partial charge in [-0.05, 0) is 55.3 Å². The Morgan fingerprint density at radius 1 is 1.03 bits per heavy atom. The van der Waals surface area contributed by atoms with E-state index < -0.39 is 6.17 Å². The Bertz CT molecular complexity index is 1020. The van der Waals surface area contributed by atoms with Crippen LogP contribution in [0.5, 0.6) is 0 Å². The van der Waals surface area contributed by atoms with Crippen LogP contribution in [-0.2, 0) is 16.0 Å². The van der Waals surface area contributed by atoms with Gasteiger partial charge in [-0.15, -0.1) is 11.3 Å². The highest BCUT2D eigenvalue weighted by atomic mass is 35.5. The molecule has 176 valence electrons. The number of nitrogens with one attached hydrogen (secondary N) is 1. The van der Waals surface area contributed by atoms with Gasteiger partial charge in [0.15, 0.2) is 6.17 Å². The first kappa shape index (κ1) is 24.0. The maximum atomic E-state index is 13.4. The second-order valence-electron chi connectivity index (χ2n) is 8.46. The van der Waals surface area contributed by atoms with Crippen molar-refractivity contribution in [3.05, 3.63) is 56.2 Å². The molecule has 10 heteroatoms. The van der Waals surface area contributed by atoms with Gasteiger partial charge in [-0.2, -0.15) is 0 Å². The summed E-state index contributed by atoms with van der Waals surface area (Å²) >= 11 is 13.6. The summed E-state index contributed by atoms with van der Waals surface area (Å²) in [5.74, 6) is -0.903. The van der Waals surface area contributed by atoms with E-state index in [0.29, 0.717) is 10.6 Å². The number of carbonyl (C=O) groups excluding carboxylic acids is 3. The fourth-order valence-corrected chi connectivity index (χ4v) is 5.38. The van der Waals surface area contributed by atoms with Gasteiger partial charge in [0, 0.05) is 35.6 Å². The molecule has 1 unspecified atom stereocenters. The van der Waals surface area contributed by atoms with Crippen LogP contribution in [-0.4, -0.2) is 58.9 Å². The first-order valence-electron chi connectivity index (χ1n) is 11.0. The summed E-state index contributed by atoms with van der Waals surface area (Å²) in [7, 11) is 0. The van der Waals surface area contributed by atoms with Crippen molar-refractivity contribution < 1.29 is 14.4 Å². The summed E-state index contributed by atoms with van der Waals surface area (Å²) in [4.78, 5) is 43.7. The molecule has 2 heterocycles. The van der Waals surface area contributed by atoms with E-state index in [4.69, 9.17) is 28.9 Å². The van der Waals surface area contributed by atoms with E-state index in [1.54, 1.807) is 12.1 Å². The largest absolute Gasteiger partial charge is 0.350 e. The van der Waals surface area contributed by atoms with Crippen molar-refractivity contribution in [2.75, 3.05) is 13.1 Å². The minimum atomic E-state index is -1.02. The molecule has 1 atom stereocenters. The number of halogens is 2. The average molecular weight is 509 g/mol. The van der Waals surface area contributed by atoms with Gasteiger partial charge in [0.25, 0.3) is 11.8 Å². The lowest BCUT2D eigenvalue weighted by Gasteiger charge is -2.32. The zero-order valence-corrected chi connectivity index (χ0v) is 20.3. The SMILES string of the molecule is NC1CCC(NC(=O)C2N(C(=O)Cc3cccs3)CCN2C(=O)c2ccc(Cl)c(Cl)c2)CC1. The van der Waals surface area contributed by atoms with Crippen molar-refractivity contribution in [1.29, 1.82) is 0 Å².